The van der Waals surface area contributed by atoms with Gasteiger partial charge in [-0.15, -0.1) is 23.2 Å². The smallest absolute Gasteiger partial charge is 0.129 e. The monoisotopic (exact) mass is 332 g/mol. The molecule has 0 radical (unpaired) electrons. The highest BCUT2D eigenvalue weighted by Gasteiger charge is 2.34. The van der Waals surface area contributed by atoms with Crippen LogP contribution in [0.3, 0.4) is 0 Å². The average molecular weight is 333 g/mol. The normalized spacial score (nSPS) is 11.7. The fourth-order valence-electron chi connectivity index (χ4n) is 2.29. The van der Waals surface area contributed by atoms with Gasteiger partial charge in [0.15, 0.2) is 0 Å². The Hall–Kier alpha value is -1.19. The van der Waals surface area contributed by atoms with Gasteiger partial charge >= 0.3 is 0 Å². The molecule has 0 fully saturated rings. The van der Waals surface area contributed by atoms with Crippen molar-refractivity contribution in [3.63, 3.8) is 0 Å². The van der Waals surface area contributed by atoms with E-state index in [-0.39, 0.29) is 23.7 Å². The van der Waals surface area contributed by atoms with Crippen molar-refractivity contribution in [2.75, 3.05) is 11.8 Å². The average Bonchev–Trinajstić information content (AvgIpc) is 2.48. The molecule has 0 bridgehead atoms. The van der Waals surface area contributed by atoms with Crippen LogP contribution in [0.15, 0.2) is 42.5 Å². The first kappa shape index (κ1) is 16.2. The molecule has 2 aromatic carbocycles. The molecule has 0 nitrogen and oxygen atoms in total. The molecule has 0 N–H and O–H groups in total. The summed E-state index contributed by atoms with van der Waals surface area (Å²) in [4.78, 5) is 0. The second kappa shape index (κ2) is 6.71. The van der Waals surface area contributed by atoms with Gasteiger partial charge in [-0.25, -0.2) is 13.2 Å². The minimum absolute atomic E-state index is 0.0221. The molecule has 0 saturated carbocycles. The zero-order chi connectivity index (χ0) is 15.5. The molecule has 5 heteroatoms. The number of rotatable bonds is 5. The molecule has 0 aromatic heterocycles. The van der Waals surface area contributed by atoms with Gasteiger partial charge in [-0.3, -0.25) is 0 Å². The minimum Gasteiger partial charge on any atom is -0.207 e. The zero-order valence-electron chi connectivity index (χ0n) is 11.1. The Balaban J connectivity index is 2.46. The van der Waals surface area contributed by atoms with Gasteiger partial charge in [-0.1, -0.05) is 24.3 Å². The molecule has 112 valence electrons. The van der Waals surface area contributed by atoms with E-state index in [4.69, 9.17) is 23.2 Å². The maximum absolute atomic E-state index is 14.1. The SMILES string of the molecule is Fc1ccc(CC(CCl)(CCl)c2ccccc2F)c(F)c1. The van der Waals surface area contributed by atoms with Crippen LogP contribution in [0, 0.1) is 17.5 Å². The first-order valence-electron chi connectivity index (χ1n) is 6.33. The van der Waals surface area contributed by atoms with Crippen LogP contribution in [-0.2, 0) is 11.8 Å². The molecule has 0 unspecified atom stereocenters. The van der Waals surface area contributed by atoms with Gasteiger partial charge in [0.2, 0.25) is 0 Å². The maximum Gasteiger partial charge on any atom is 0.129 e. The van der Waals surface area contributed by atoms with Crippen molar-refractivity contribution in [2.45, 2.75) is 11.8 Å². The van der Waals surface area contributed by atoms with Gasteiger partial charge in [0, 0.05) is 23.2 Å². The van der Waals surface area contributed by atoms with Crippen LogP contribution in [0.25, 0.3) is 0 Å². The molecule has 2 rings (SSSR count). The van der Waals surface area contributed by atoms with Gasteiger partial charge < -0.3 is 0 Å². The highest BCUT2D eigenvalue weighted by atomic mass is 35.5. The number of benzene rings is 2. The molecule has 0 aliphatic heterocycles. The van der Waals surface area contributed by atoms with Crippen LogP contribution in [0.2, 0.25) is 0 Å². The lowest BCUT2D eigenvalue weighted by Crippen LogP contribution is -2.34. The molecular formula is C16H13Cl2F3. The van der Waals surface area contributed by atoms with Crippen LogP contribution in [-0.4, -0.2) is 11.8 Å². The van der Waals surface area contributed by atoms with Crippen molar-refractivity contribution in [1.82, 2.24) is 0 Å². The second-order valence-corrected chi connectivity index (χ2v) is 5.47. The first-order chi connectivity index (χ1) is 10.0. The Kier molecular flexibility index (Phi) is 5.17. The fraction of sp³-hybridized carbons (Fsp3) is 0.250. The largest absolute Gasteiger partial charge is 0.207 e. The van der Waals surface area contributed by atoms with Crippen molar-refractivity contribution in [3.8, 4) is 0 Å². The summed E-state index contributed by atoms with van der Waals surface area (Å²) in [7, 11) is 0. The lowest BCUT2D eigenvalue weighted by atomic mass is 9.78. The van der Waals surface area contributed by atoms with E-state index < -0.39 is 22.9 Å². The molecule has 21 heavy (non-hydrogen) atoms. The predicted molar refractivity (Wildman–Crippen MR) is 79.6 cm³/mol. The number of halogens is 5. The molecule has 0 heterocycles. The molecule has 0 spiro atoms. The Morgan fingerprint density at radius 2 is 1.52 bits per heavy atom. The molecule has 0 aliphatic rings. The van der Waals surface area contributed by atoms with E-state index in [1.807, 2.05) is 0 Å². The van der Waals surface area contributed by atoms with E-state index in [1.54, 1.807) is 18.2 Å². The summed E-state index contributed by atoms with van der Waals surface area (Å²) in [5, 5.41) is 0. The van der Waals surface area contributed by atoms with Gasteiger partial charge in [-0.05, 0) is 29.7 Å². The van der Waals surface area contributed by atoms with Crippen LogP contribution in [0.4, 0.5) is 13.2 Å². The van der Waals surface area contributed by atoms with E-state index in [0.717, 1.165) is 12.1 Å². The summed E-state index contributed by atoms with van der Waals surface area (Å²) in [5.74, 6) is -1.75. The van der Waals surface area contributed by atoms with Crippen LogP contribution < -0.4 is 0 Å². The molecule has 0 atom stereocenters. The summed E-state index contributed by atoms with van der Waals surface area (Å²) < 4.78 is 40.9. The Morgan fingerprint density at radius 3 is 2.10 bits per heavy atom. The van der Waals surface area contributed by atoms with Gasteiger partial charge in [-0.2, -0.15) is 0 Å². The first-order valence-corrected chi connectivity index (χ1v) is 7.40. The molecule has 2 aromatic rings. The van der Waals surface area contributed by atoms with Crippen molar-refractivity contribution >= 4 is 23.2 Å². The zero-order valence-corrected chi connectivity index (χ0v) is 12.6. The highest BCUT2D eigenvalue weighted by Crippen LogP contribution is 2.34. The van der Waals surface area contributed by atoms with Crippen molar-refractivity contribution < 1.29 is 13.2 Å². The summed E-state index contributed by atoms with van der Waals surface area (Å²) in [5.41, 5.74) is -0.368. The van der Waals surface area contributed by atoms with Gasteiger partial charge in [0.1, 0.15) is 17.5 Å². The van der Waals surface area contributed by atoms with Crippen LogP contribution in [0.1, 0.15) is 11.1 Å². The topological polar surface area (TPSA) is 0 Å². The highest BCUT2D eigenvalue weighted by molar-refractivity contribution is 6.22. The van der Waals surface area contributed by atoms with E-state index in [0.29, 0.717) is 5.56 Å². The van der Waals surface area contributed by atoms with E-state index in [2.05, 4.69) is 0 Å². The van der Waals surface area contributed by atoms with Gasteiger partial charge in [0.05, 0.1) is 0 Å². The molecular weight excluding hydrogens is 320 g/mol. The number of hydrogen-bond donors (Lipinski definition) is 0. The summed E-state index contributed by atoms with van der Waals surface area (Å²) in [6.07, 6.45) is 0.0903. The third kappa shape index (κ3) is 3.35. The lowest BCUT2D eigenvalue weighted by Gasteiger charge is -2.31. The third-order valence-corrected chi connectivity index (χ3v) is 4.52. The Morgan fingerprint density at radius 1 is 0.857 bits per heavy atom. The Bertz CT molecular complexity index is 625. The van der Waals surface area contributed by atoms with Crippen molar-refractivity contribution in [3.05, 3.63) is 71.0 Å². The minimum atomic E-state index is -0.951. The summed E-state index contributed by atoms with van der Waals surface area (Å²) in [6.45, 7) is 0. The number of alkyl halides is 2. The van der Waals surface area contributed by atoms with Crippen LogP contribution >= 0.6 is 23.2 Å². The summed E-state index contributed by atoms with van der Waals surface area (Å²) in [6, 6.07) is 9.42. The van der Waals surface area contributed by atoms with E-state index in [9.17, 15) is 13.2 Å². The fourth-order valence-corrected chi connectivity index (χ4v) is 3.05. The van der Waals surface area contributed by atoms with E-state index >= 15 is 0 Å². The van der Waals surface area contributed by atoms with Crippen molar-refractivity contribution in [2.24, 2.45) is 0 Å². The number of hydrogen-bond acceptors (Lipinski definition) is 0. The molecule has 0 saturated heterocycles. The second-order valence-electron chi connectivity index (χ2n) is 4.94. The predicted octanol–water partition coefficient (Wildman–Crippen LogP) is 5.06. The summed E-state index contributed by atoms with van der Waals surface area (Å²) >= 11 is 12.0. The van der Waals surface area contributed by atoms with Gasteiger partial charge in [0.25, 0.3) is 0 Å². The standard InChI is InChI=1S/C16H13Cl2F3/c17-9-16(10-18,13-3-1-2-4-14(13)20)8-11-5-6-12(19)7-15(11)21/h1-7H,8-10H2. The van der Waals surface area contributed by atoms with Crippen LogP contribution in [0.5, 0.6) is 0 Å². The lowest BCUT2D eigenvalue weighted by molar-refractivity contribution is 0.476. The molecule has 0 amide bonds. The molecule has 0 aliphatic carbocycles. The van der Waals surface area contributed by atoms with Crippen molar-refractivity contribution in [1.29, 1.82) is 0 Å². The quantitative estimate of drug-likeness (QED) is 0.671. The third-order valence-electron chi connectivity index (χ3n) is 3.50. The Labute approximate surface area is 131 Å². The van der Waals surface area contributed by atoms with E-state index in [1.165, 1.54) is 12.1 Å². The maximum atomic E-state index is 14.1.